The Morgan fingerprint density at radius 1 is 1.17 bits per heavy atom. The number of carbonyl (C=O) groups excluding carboxylic acids is 1. The Bertz CT molecular complexity index is 1100. The van der Waals surface area contributed by atoms with Gasteiger partial charge in [0.1, 0.15) is 5.75 Å². The summed E-state index contributed by atoms with van der Waals surface area (Å²) in [7, 11) is 1.62. The number of benzene rings is 1. The van der Waals surface area contributed by atoms with Crippen LogP contribution < -0.4 is 10.1 Å². The van der Waals surface area contributed by atoms with Crippen LogP contribution in [0, 0.1) is 0 Å². The van der Waals surface area contributed by atoms with Gasteiger partial charge in [0, 0.05) is 18.9 Å². The molecule has 30 heavy (non-hydrogen) atoms. The summed E-state index contributed by atoms with van der Waals surface area (Å²) in [6.45, 7) is 0.427. The van der Waals surface area contributed by atoms with Crippen LogP contribution in [0.15, 0.2) is 76.8 Å². The van der Waals surface area contributed by atoms with Crippen molar-refractivity contribution < 1.29 is 13.9 Å². The minimum Gasteiger partial charge on any atom is -0.497 e. The third-order valence-corrected chi connectivity index (χ3v) is 5.18. The van der Waals surface area contributed by atoms with E-state index in [1.54, 1.807) is 31.8 Å². The molecule has 0 aliphatic heterocycles. The number of rotatable bonds is 8. The van der Waals surface area contributed by atoms with Gasteiger partial charge in [0.2, 0.25) is 11.7 Å². The number of aromatic nitrogens is 4. The summed E-state index contributed by atoms with van der Waals surface area (Å²) in [5, 5.41) is 12.0. The summed E-state index contributed by atoms with van der Waals surface area (Å²) in [5.74, 6) is 1.99. The normalized spacial score (nSPS) is 10.7. The van der Waals surface area contributed by atoms with Gasteiger partial charge in [-0.05, 0) is 48.0 Å². The molecule has 1 amide bonds. The molecule has 9 heteroatoms. The Kier molecular flexibility index (Phi) is 6.09. The van der Waals surface area contributed by atoms with Crippen LogP contribution >= 0.6 is 11.8 Å². The van der Waals surface area contributed by atoms with Crippen molar-refractivity contribution in [3.05, 3.63) is 72.8 Å². The average Bonchev–Trinajstić information content (AvgIpc) is 3.47. The molecule has 1 N–H and O–H groups in total. The van der Waals surface area contributed by atoms with Crippen molar-refractivity contribution in [2.45, 2.75) is 11.7 Å². The van der Waals surface area contributed by atoms with Gasteiger partial charge in [-0.1, -0.05) is 17.8 Å². The maximum Gasteiger partial charge on any atom is 0.230 e. The molecule has 0 saturated heterocycles. The molecule has 0 aliphatic carbocycles. The van der Waals surface area contributed by atoms with E-state index in [0.29, 0.717) is 23.3 Å². The van der Waals surface area contributed by atoms with Crippen LogP contribution in [0.25, 0.3) is 17.3 Å². The van der Waals surface area contributed by atoms with Gasteiger partial charge in [0.15, 0.2) is 10.9 Å². The van der Waals surface area contributed by atoms with Gasteiger partial charge in [-0.15, -0.1) is 10.2 Å². The number of methoxy groups -OCH3 is 1. The Labute approximate surface area is 177 Å². The first kappa shape index (κ1) is 19.7. The Balaban J connectivity index is 1.51. The van der Waals surface area contributed by atoms with Crippen LogP contribution in [0.3, 0.4) is 0 Å². The number of hydrogen-bond donors (Lipinski definition) is 1. The molecular formula is C21H19N5O3S. The standard InChI is InChI=1S/C21H19N5O3S/c1-28-17-8-6-16(7-9-17)26-20(18-5-3-11-29-18)24-25-21(26)30-14-19(27)23-13-15-4-2-10-22-12-15/h2-12H,13-14H2,1H3,(H,23,27). The molecule has 4 aromatic rings. The molecule has 0 atom stereocenters. The van der Waals surface area contributed by atoms with Crippen molar-refractivity contribution in [2.24, 2.45) is 0 Å². The smallest absolute Gasteiger partial charge is 0.230 e. The largest absolute Gasteiger partial charge is 0.497 e. The van der Waals surface area contributed by atoms with E-state index < -0.39 is 0 Å². The van der Waals surface area contributed by atoms with Gasteiger partial charge in [0.25, 0.3) is 0 Å². The lowest BCUT2D eigenvalue weighted by molar-refractivity contribution is -0.118. The molecule has 0 saturated carbocycles. The number of amides is 1. The number of carbonyl (C=O) groups is 1. The highest BCUT2D eigenvalue weighted by molar-refractivity contribution is 7.99. The maximum atomic E-state index is 12.3. The monoisotopic (exact) mass is 421 g/mol. The first-order valence-corrected chi connectivity index (χ1v) is 10.2. The average molecular weight is 421 g/mol. The van der Waals surface area contributed by atoms with Crippen LogP contribution in [-0.4, -0.2) is 38.5 Å². The minimum atomic E-state index is -0.104. The number of furan rings is 1. The number of pyridine rings is 1. The van der Waals surface area contributed by atoms with Crippen LogP contribution in [0.2, 0.25) is 0 Å². The van der Waals surface area contributed by atoms with E-state index in [2.05, 4.69) is 20.5 Å². The van der Waals surface area contributed by atoms with Crippen molar-refractivity contribution >= 4 is 17.7 Å². The molecule has 4 rings (SSSR count). The van der Waals surface area contributed by atoms with Crippen LogP contribution in [-0.2, 0) is 11.3 Å². The zero-order valence-corrected chi connectivity index (χ0v) is 17.0. The Morgan fingerprint density at radius 3 is 2.73 bits per heavy atom. The summed E-state index contributed by atoms with van der Waals surface area (Å²) < 4.78 is 12.6. The van der Waals surface area contributed by atoms with E-state index >= 15 is 0 Å². The van der Waals surface area contributed by atoms with E-state index in [0.717, 1.165) is 17.0 Å². The van der Waals surface area contributed by atoms with E-state index in [4.69, 9.17) is 9.15 Å². The third kappa shape index (κ3) is 4.52. The number of thioether (sulfide) groups is 1. The molecule has 152 valence electrons. The topological polar surface area (TPSA) is 95.1 Å². The predicted molar refractivity (Wildman–Crippen MR) is 112 cm³/mol. The van der Waals surface area contributed by atoms with Crippen molar-refractivity contribution in [3.8, 4) is 23.0 Å². The first-order valence-electron chi connectivity index (χ1n) is 9.16. The molecule has 8 nitrogen and oxygen atoms in total. The fourth-order valence-corrected chi connectivity index (χ4v) is 3.56. The first-order chi connectivity index (χ1) is 14.7. The number of hydrogen-bond acceptors (Lipinski definition) is 7. The van der Waals surface area contributed by atoms with Gasteiger partial charge in [-0.25, -0.2) is 0 Å². The van der Waals surface area contributed by atoms with Gasteiger partial charge in [-0.2, -0.15) is 0 Å². The van der Waals surface area contributed by atoms with Crippen molar-refractivity contribution in [1.82, 2.24) is 25.1 Å². The quantitative estimate of drug-likeness (QED) is 0.436. The van der Waals surface area contributed by atoms with Gasteiger partial charge < -0.3 is 14.5 Å². The lowest BCUT2D eigenvalue weighted by Gasteiger charge is -2.10. The molecule has 3 heterocycles. The Hall–Kier alpha value is -3.59. The van der Waals surface area contributed by atoms with E-state index in [-0.39, 0.29) is 11.7 Å². The summed E-state index contributed by atoms with van der Waals surface area (Å²) in [4.78, 5) is 16.4. The molecule has 0 radical (unpaired) electrons. The Morgan fingerprint density at radius 2 is 2.03 bits per heavy atom. The molecule has 3 aromatic heterocycles. The summed E-state index contributed by atoms with van der Waals surface area (Å²) in [6.07, 6.45) is 5.01. The summed E-state index contributed by atoms with van der Waals surface area (Å²) >= 11 is 1.30. The number of ether oxygens (including phenoxy) is 1. The van der Waals surface area contributed by atoms with Gasteiger partial charge >= 0.3 is 0 Å². The second-order valence-electron chi connectivity index (χ2n) is 6.24. The molecule has 0 spiro atoms. The zero-order valence-electron chi connectivity index (χ0n) is 16.2. The van der Waals surface area contributed by atoms with Gasteiger partial charge in [0.05, 0.1) is 24.8 Å². The van der Waals surface area contributed by atoms with Crippen molar-refractivity contribution in [1.29, 1.82) is 0 Å². The highest BCUT2D eigenvalue weighted by Crippen LogP contribution is 2.29. The SMILES string of the molecule is COc1ccc(-n2c(SCC(=O)NCc3cccnc3)nnc2-c2ccco2)cc1. The van der Waals surface area contributed by atoms with Crippen LogP contribution in [0.1, 0.15) is 5.56 Å². The molecule has 0 unspecified atom stereocenters. The van der Waals surface area contributed by atoms with Crippen LogP contribution in [0.5, 0.6) is 5.75 Å². The van der Waals surface area contributed by atoms with E-state index in [9.17, 15) is 4.79 Å². The third-order valence-electron chi connectivity index (χ3n) is 4.25. The fourth-order valence-electron chi connectivity index (χ4n) is 2.78. The number of nitrogens with zero attached hydrogens (tertiary/aromatic N) is 4. The molecule has 1 aromatic carbocycles. The second-order valence-corrected chi connectivity index (χ2v) is 7.19. The fraction of sp³-hybridized carbons (Fsp3) is 0.143. The highest BCUT2D eigenvalue weighted by Gasteiger charge is 2.19. The zero-order chi connectivity index (χ0) is 20.8. The molecule has 0 fully saturated rings. The van der Waals surface area contributed by atoms with Crippen LogP contribution in [0.4, 0.5) is 0 Å². The molecule has 0 bridgehead atoms. The van der Waals surface area contributed by atoms with E-state index in [1.807, 2.05) is 47.0 Å². The van der Waals surface area contributed by atoms with Gasteiger partial charge in [-0.3, -0.25) is 14.3 Å². The van der Waals surface area contributed by atoms with Crippen molar-refractivity contribution in [2.75, 3.05) is 12.9 Å². The lowest BCUT2D eigenvalue weighted by Crippen LogP contribution is -2.24. The van der Waals surface area contributed by atoms with Crippen molar-refractivity contribution in [3.63, 3.8) is 0 Å². The number of nitrogens with one attached hydrogen (secondary N) is 1. The second kappa shape index (κ2) is 9.27. The highest BCUT2D eigenvalue weighted by atomic mass is 32.2. The summed E-state index contributed by atoms with van der Waals surface area (Å²) in [5.41, 5.74) is 1.78. The lowest BCUT2D eigenvalue weighted by atomic mass is 10.3. The predicted octanol–water partition coefficient (Wildman–Crippen LogP) is 3.34. The minimum absolute atomic E-state index is 0.104. The summed E-state index contributed by atoms with van der Waals surface area (Å²) in [6, 6.07) is 14.9. The van der Waals surface area contributed by atoms with E-state index in [1.165, 1.54) is 11.8 Å². The molecule has 0 aliphatic rings. The molecular weight excluding hydrogens is 402 g/mol. The maximum absolute atomic E-state index is 12.3.